The molecule has 1 aliphatic carbocycles. The fourth-order valence-electron chi connectivity index (χ4n) is 2.50. The van der Waals surface area contributed by atoms with Crippen molar-refractivity contribution in [3.05, 3.63) is 0 Å². The molecule has 1 rings (SSSR count). The van der Waals surface area contributed by atoms with Gasteiger partial charge in [-0.05, 0) is 46.2 Å². The monoisotopic (exact) mass is 262 g/mol. The van der Waals surface area contributed by atoms with E-state index in [2.05, 4.69) is 11.9 Å². The fraction of sp³-hybridized carbons (Fsp3) is 1.00. The summed E-state index contributed by atoms with van der Waals surface area (Å²) in [6, 6.07) is 0.619. The highest BCUT2D eigenvalue weighted by Gasteiger charge is 2.30. The smallest absolute Gasteiger partial charge is 0.150 e. The van der Waals surface area contributed by atoms with Crippen LogP contribution in [0.3, 0.4) is 0 Å². The van der Waals surface area contributed by atoms with Gasteiger partial charge in [0.05, 0.1) is 5.25 Å². The standard InChI is InChI=1S/C12H26N2O2S/c1-10(13)7-8-14(2)11-5-4-6-12(9-11)17(3,15)16/h10-12H,4-9,13H2,1-3H3. The summed E-state index contributed by atoms with van der Waals surface area (Å²) in [5.74, 6) is 0. The summed E-state index contributed by atoms with van der Waals surface area (Å²) in [5, 5.41) is -0.140. The van der Waals surface area contributed by atoms with Crippen molar-refractivity contribution in [2.45, 2.75) is 56.4 Å². The molecule has 0 aromatic carbocycles. The highest BCUT2D eigenvalue weighted by molar-refractivity contribution is 7.91. The Morgan fingerprint density at radius 1 is 1.41 bits per heavy atom. The highest BCUT2D eigenvalue weighted by Crippen LogP contribution is 2.26. The second kappa shape index (κ2) is 6.16. The first-order chi connectivity index (χ1) is 7.80. The van der Waals surface area contributed by atoms with Crippen LogP contribution in [-0.2, 0) is 9.84 Å². The lowest BCUT2D eigenvalue weighted by Crippen LogP contribution is -2.41. The maximum Gasteiger partial charge on any atom is 0.150 e. The van der Waals surface area contributed by atoms with E-state index in [0.29, 0.717) is 6.04 Å². The molecule has 17 heavy (non-hydrogen) atoms. The van der Waals surface area contributed by atoms with Crippen LogP contribution in [0.15, 0.2) is 0 Å². The largest absolute Gasteiger partial charge is 0.328 e. The SMILES string of the molecule is CC(N)CCN(C)C1CCCC(S(C)(=O)=O)C1. The van der Waals surface area contributed by atoms with E-state index in [1.54, 1.807) is 0 Å². The van der Waals surface area contributed by atoms with E-state index in [4.69, 9.17) is 5.73 Å². The first kappa shape index (κ1) is 14.9. The molecule has 2 N–H and O–H groups in total. The summed E-state index contributed by atoms with van der Waals surface area (Å²) < 4.78 is 23.2. The van der Waals surface area contributed by atoms with E-state index in [9.17, 15) is 8.42 Å². The molecule has 1 fully saturated rings. The molecule has 102 valence electrons. The summed E-state index contributed by atoms with van der Waals surface area (Å²) in [5.41, 5.74) is 5.74. The third-order valence-electron chi connectivity index (χ3n) is 3.76. The molecule has 0 bridgehead atoms. The Kier molecular flexibility index (Phi) is 5.41. The van der Waals surface area contributed by atoms with Crippen molar-refractivity contribution in [1.82, 2.24) is 4.90 Å². The molecule has 0 aromatic rings. The minimum absolute atomic E-state index is 0.140. The van der Waals surface area contributed by atoms with Crippen LogP contribution in [0.1, 0.15) is 39.0 Å². The Balaban J connectivity index is 2.49. The third kappa shape index (κ3) is 4.94. The van der Waals surface area contributed by atoms with Crippen molar-refractivity contribution in [1.29, 1.82) is 0 Å². The van der Waals surface area contributed by atoms with Gasteiger partial charge in [0.25, 0.3) is 0 Å². The fourth-order valence-corrected chi connectivity index (χ4v) is 3.67. The predicted molar refractivity (Wildman–Crippen MR) is 71.8 cm³/mol. The van der Waals surface area contributed by atoms with Crippen molar-refractivity contribution in [3.8, 4) is 0 Å². The number of hydrogen-bond donors (Lipinski definition) is 1. The first-order valence-corrected chi connectivity index (χ1v) is 8.41. The van der Waals surface area contributed by atoms with E-state index in [0.717, 1.165) is 38.6 Å². The van der Waals surface area contributed by atoms with Crippen LogP contribution in [0.4, 0.5) is 0 Å². The van der Waals surface area contributed by atoms with Crippen LogP contribution >= 0.6 is 0 Å². The number of sulfone groups is 1. The van der Waals surface area contributed by atoms with Gasteiger partial charge in [-0.2, -0.15) is 0 Å². The van der Waals surface area contributed by atoms with Crippen LogP contribution in [0.5, 0.6) is 0 Å². The highest BCUT2D eigenvalue weighted by atomic mass is 32.2. The zero-order valence-electron chi connectivity index (χ0n) is 11.2. The van der Waals surface area contributed by atoms with Gasteiger partial charge in [0.2, 0.25) is 0 Å². The van der Waals surface area contributed by atoms with Gasteiger partial charge >= 0.3 is 0 Å². The zero-order chi connectivity index (χ0) is 13.1. The molecule has 0 heterocycles. The van der Waals surface area contributed by atoms with E-state index < -0.39 is 9.84 Å². The average Bonchev–Trinajstić information content (AvgIpc) is 2.25. The van der Waals surface area contributed by atoms with Crippen molar-refractivity contribution >= 4 is 9.84 Å². The lowest BCUT2D eigenvalue weighted by Gasteiger charge is -2.35. The maximum absolute atomic E-state index is 11.6. The van der Waals surface area contributed by atoms with Crippen molar-refractivity contribution in [2.75, 3.05) is 19.8 Å². The molecular formula is C12H26N2O2S. The van der Waals surface area contributed by atoms with Crippen molar-refractivity contribution in [2.24, 2.45) is 5.73 Å². The lowest BCUT2D eigenvalue weighted by atomic mass is 9.94. The maximum atomic E-state index is 11.6. The molecule has 0 spiro atoms. The molecule has 3 atom stereocenters. The van der Waals surface area contributed by atoms with Crippen LogP contribution in [0.25, 0.3) is 0 Å². The van der Waals surface area contributed by atoms with Gasteiger partial charge in [-0.15, -0.1) is 0 Å². The molecule has 0 saturated heterocycles. The number of nitrogens with zero attached hydrogens (tertiary/aromatic N) is 1. The van der Waals surface area contributed by atoms with E-state index >= 15 is 0 Å². The minimum atomic E-state index is -2.87. The Labute approximate surface area is 105 Å². The Bertz CT molecular complexity index is 327. The van der Waals surface area contributed by atoms with Gasteiger partial charge in [-0.25, -0.2) is 8.42 Å². The van der Waals surface area contributed by atoms with Gasteiger partial charge in [-0.1, -0.05) is 6.42 Å². The van der Waals surface area contributed by atoms with Gasteiger partial charge < -0.3 is 10.6 Å². The van der Waals surface area contributed by atoms with Gasteiger partial charge in [0, 0.05) is 18.3 Å². The van der Waals surface area contributed by atoms with Crippen molar-refractivity contribution in [3.63, 3.8) is 0 Å². The second-order valence-electron chi connectivity index (χ2n) is 5.52. The summed E-state index contributed by atoms with van der Waals surface area (Å²) in [6.07, 6.45) is 6.08. The quantitative estimate of drug-likeness (QED) is 0.803. The second-order valence-corrected chi connectivity index (χ2v) is 7.84. The van der Waals surface area contributed by atoms with E-state index in [1.165, 1.54) is 6.26 Å². The number of nitrogens with two attached hydrogens (primary N) is 1. The van der Waals surface area contributed by atoms with Crippen LogP contribution in [0, 0.1) is 0 Å². The molecule has 5 heteroatoms. The van der Waals surface area contributed by atoms with E-state index in [-0.39, 0.29) is 11.3 Å². The molecule has 1 aliphatic rings. The average molecular weight is 262 g/mol. The summed E-state index contributed by atoms with van der Waals surface area (Å²) >= 11 is 0. The number of hydrogen-bond acceptors (Lipinski definition) is 4. The van der Waals surface area contributed by atoms with Crippen LogP contribution in [0.2, 0.25) is 0 Å². The third-order valence-corrected chi connectivity index (χ3v) is 5.40. The predicted octanol–water partition coefficient (Wildman–Crippen LogP) is 1.01. The van der Waals surface area contributed by atoms with Gasteiger partial charge in [0.15, 0.2) is 0 Å². The van der Waals surface area contributed by atoms with Crippen LogP contribution < -0.4 is 5.73 Å². The van der Waals surface area contributed by atoms with Crippen LogP contribution in [-0.4, -0.2) is 50.5 Å². The number of rotatable bonds is 5. The van der Waals surface area contributed by atoms with Gasteiger partial charge in [0.1, 0.15) is 9.84 Å². The summed E-state index contributed by atoms with van der Waals surface area (Å²) in [4.78, 5) is 2.28. The molecule has 3 unspecified atom stereocenters. The molecule has 4 nitrogen and oxygen atoms in total. The van der Waals surface area contributed by atoms with Crippen molar-refractivity contribution < 1.29 is 8.42 Å². The molecule has 1 saturated carbocycles. The van der Waals surface area contributed by atoms with Gasteiger partial charge in [-0.3, -0.25) is 0 Å². The Morgan fingerprint density at radius 3 is 2.59 bits per heavy atom. The zero-order valence-corrected chi connectivity index (χ0v) is 12.0. The lowest BCUT2D eigenvalue weighted by molar-refractivity contribution is 0.188. The summed E-state index contributed by atoms with van der Waals surface area (Å²) in [7, 11) is -0.794. The molecular weight excluding hydrogens is 236 g/mol. The normalized spacial score (nSPS) is 28.3. The first-order valence-electron chi connectivity index (χ1n) is 6.45. The molecule has 0 aliphatic heterocycles. The molecule has 0 radical (unpaired) electrons. The Morgan fingerprint density at radius 2 is 2.06 bits per heavy atom. The van der Waals surface area contributed by atoms with E-state index in [1.807, 2.05) is 6.92 Å². The minimum Gasteiger partial charge on any atom is -0.328 e. The molecule has 0 aromatic heterocycles. The molecule has 0 amide bonds. The Hall–Kier alpha value is -0.130. The topological polar surface area (TPSA) is 63.4 Å². The summed E-state index contributed by atoms with van der Waals surface area (Å²) in [6.45, 7) is 2.97.